The number of benzene rings is 2. The summed E-state index contributed by atoms with van der Waals surface area (Å²) in [7, 11) is 0. The van der Waals surface area contributed by atoms with Crippen molar-refractivity contribution in [3.05, 3.63) is 89.7 Å². The molecular formula is C30H36N6O. The summed E-state index contributed by atoms with van der Waals surface area (Å²) in [6.45, 7) is 8.12. The van der Waals surface area contributed by atoms with E-state index in [1.165, 1.54) is 24.0 Å². The molecule has 0 radical (unpaired) electrons. The highest BCUT2D eigenvalue weighted by molar-refractivity contribution is 5.54. The molecule has 0 spiro atoms. The van der Waals surface area contributed by atoms with Crippen LogP contribution in [0.5, 0.6) is 5.75 Å². The monoisotopic (exact) mass is 496 g/mol. The number of hydrogen-bond acceptors (Lipinski definition) is 6. The molecule has 0 saturated carbocycles. The van der Waals surface area contributed by atoms with Crippen molar-refractivity contribution in [3.8, 4) is 17.1 Å². The summed E-state index contributed by atoms with van der Waals surface area (Å²) >= 11 is 0. The summed E-state index contributed by atoms with van der Waals surface area (Å²) in [5.74, 6) is 2.19. The molecule has 1 saturated heterocycles. The molecular weight excluding hydrogens is 460 g/mol. The molecule has 0 atom stereocenters. The van der Waals surface area contributed by atoms with E-state index in [0.29, 0.717) is 18.3 Å². The topological polar surface area (TPSA) is 77.8 Å². The van der Waals surface area contributed by atoms with Gasteiger partial charge in [-0.3, -0.25) is 4.98 Å². The van der Waals surface area contributed by atoms with E-state index in [4.69, 9.17) is 4.74 Å². The molecule has 1 N–H and O–H groups in total. The van der Waals surface area contributed by atoms with Crippen molar-refractivity contribution in [3.63, 3.8) is 0 Å². The van der Waals surface area contributed by atoms with Gasteiger partial charge in [0.1, 0.15) is 12.4 Å². The van der Waals surface area contributed by atoms with Crippen LogP contribution in [-0.2, 0) is 26.0 Å². The fourth-order valence-electron chi connectivity index (χ4n) is 5.02. The highest BCUT2D eigenvalue weighted by atomic mass is 16.5. The van der Waals surface area contributed by atoms with E-state index in [1.807, 2.05) is 18.2 Å². The number of nitrogens with one attached hydrogen (secondary N) is 1. The summed E-state index contributed by atoms with van der Waals surface area (Å²) in [6.07, 6.45) is 6.11. The van der Waals surface area contributed by atoms with Gasteiger partial charge in [-0.2, -0.15) is 4.80 Å². The van der Waals surface area contributed by atoms with Crippen LogP contribution >= 0.6 is 0 Å². The Morgan fingerprint density at radius 3 is 2.30 bits per heavy atom. The standard InChI is InChI=1S/C30H36N6O/c1-30(2,20-24-8-12-28(13-9-24)37-22-27-5-3-4-16-32-27)19-23-6-10-26(11-7-23)29-33-35-36(34-29)21-25-14-17-31-18-15-25/h3-13,16,25,31H,14-15,17-22H2,1-2H3. The van der Waals surface area contributed by atoms with E-state index >= 15 is 0 Å². The van der Waals surface area contributed by atoms with Gasteiger partial charge in [-0.05, 0) is 90.7 Å². The van der Waals surface area contributed by atoms with Crippen molar-refractivity contribution < 1.29 is 4.74 Å². The molecule has 5 rings (SSSR count). The van der Waals surface area contributed by atoms with E-state index < -0.39 is 0 Å². The molecule has 2 aromatic carbocycles. The molecule has 1 aliphatic heterocycles. The third-order valence-electron chi connectivity index (χ3n) is 6.95. The van der Waals surface area contributed by atoms with Crippen LogP contribution in [0.4, 0.5) is 0 Å². The SMILES string of the molecule is CC(C)(Cc1ccc(OCc2ccccn2)cc1)Cc1ccc(-c2nnn(CC3CCNCC3)n2)cc1. The zero-order valence-electron chi connectivity index (χ0n) is 21.8. The summed E-state index contributed by atoms with van der Waals surface area (Å²) in [5, 5.41) is 16.6. The van der Waals surface area contributed by atoms with Gasteiger partial charge in [0, 0.05) is 11.8 Å². The first-order valence-electron chi connectivity index (χ1n) is 13.2. The van der Waals surface area contributed by atoms with Crippen molar-refractivity contribution in [2.75, 3.05) is 13.1 Å². The molecule has 0 unspecified atom stereocenters. The minimum atomic E-state index is 0.119. The second-order valence-electron chi connectivity index (χ2n) is 10.8. The molecule has 192 valence electrons. The lowest BCUT2D eigenvalue weighted by Crippen LogP contribution is -2.30. The molecule has 7 nitrogen and oxygen atoms in total. The quantitative estimate of drug-likeness (QED) is 0.328. The van der Waals surface area contributed by atoms with Crippen LogP contribution in [0, 0.1) is 11.3 Å². The van der Waals surface area contributed by atoms with E-state index in [0.717, 1.165) is 49.5 Å². The van der Waals surface area contributed by atoms with Gasteiger partial charge >= 0.3 is 0 Å². The third kappa shape index (κ3) is 7.23. The van der Waals surface area contributed by atoms with Crippen LogP contribution in [-0.4, -0.2) is 38.3 Å². The first-order valence-corrected chi connectivity index (χ1v) is 13.2. The molecule has 0 bridgehead atoms. The molecule has 4 aromatic rings. The van der Waals surface area contributed by atoms with E-state index in [1.54, 1.807) is 11.0 Å². The number of pyridine rings is 1. The fraction of sp³-hybridized carbons (Fsp3) is 0.400. The van der Waals surface area contributed by atoms with Gasteiger partial charge in [0.2, 0.25) is 5.82 Å². The lowest BCUT2D eigenvalue weighted by atomic mass is 9.80. The number of piperidine rings is 1. The first-order chi connectivity index (χ1) is 18.0. The van der Waals surface area contributed by atoms with Crippen LogP contribution < -0.4 is 10.1 Å². The maximum absolute atomic E-state index is 5.88. The second kappa shape index (κ2) is 11.6. The Bertz CT molecular complexity index is 1250. The zero-order valence-corrected chi connectivity index (χ0v) is 21.8. The molecule has 3 heterocycles. The van der Waals surface area contributed by atoms with Crippen LogP contribution in [0.2, 0.25) is 0 Å². The first kappa shape index (κ1) is 25.1. The molecule has 0 aliphatic carbocycles. The van der Waals surface area contributed by atoms with E-state index in [-0.39, 0.29) is 5.41 Å². The van der Waals surface area contributed by atoms with Crippen LogP contribution in [0.1, 0.15) is 43.5 Å². The van der Waals surface area contributed by atoms with Crippen LogP contribution in [0.3, 0.4) is 0 Å². The molecule has 2 aromatic heterocycles. The highest BCUT2D eigenvalue weighted by Crippen LogP contribution is 2.28. The predicted octanol–water partition coefficient (Wildman–Crippen LogP) is 5.13. The highest BCUT2D eigenvalue weighted by Gasteiger charge is 2.20. The smallest absolute Gasteiger partial charge is 0.204 e. The van der Waals surface area contributed by atoms with Crippen molar-refractivity contribution in [1.29, 1.82) is 0 Å². The Morgan fingerprint density at radius 1 is 0.919 bits per heavy atom. The summed E-state index contributed by atoms with van der Waals surface area (Å²) < 4.78 is 5.88. The normalized spacial score (nSPS) is 14.5. The Morgan fingerprint density at radius 2 is 1.62 bits per heavy atom. The lowest BCUT2D eigenvalue weighted by molar-refractivity contribution is 0.301. The predicted molar refractivity (Wildman–Crippen MR) is 145 cm³/mol. The average Bonchev–Trinajstić information content (AvgIpc) is 3.38. The maximum Gasteiger partial charge on any atom is 0.204 e. The number of ether oxygens (including phenoxy) is 1. The van der Waals surface area contributed by atoms with Crippen LogP contribution in [0.15, 0.2) is 72.9 Å². The van der Waals surface area contributed by atoms with Crippen molar-refractivity contribution in [1.82, 2.24) is 30.5 Å². The fourth-order valence-corrected chi connectivity index (χ4v) is 5.02. The molecule has 1 fully saturated rings. The van der Waals surface area contributed by atoms with Crippen molar-refractivity contribution in [2.24, 2.45) is 11.3 Å². The van der Waals surface area contributed by atoms with Gasteiger partial charge in [0.25, 0.3) is 0 Å². The third-order valence-corrected chi connectivity index (χ3v) is 6.95. The number of tetrazole rings is 1. The largest absolute Gasteiger partial charge is 0.487 e. The van der Waals surface area contributed by atoms with Gasteiger partial charge in [0.05, 0.1) is 12.2 Å². The zero-order chi connectivity index (χ0) is 25.5. The lowest BCUT2D eigenvalue weighted by Gasteiger charge is -2.25. The number of nitrogens with zero attached hydrogens (tertiary/aromatic N) is 5. The Labute approximate surface area is 219 Å². The Hall–Kier alpha value is -3.58. The number of hydrogen-bond donors (Lipinski definition) is 1. The van der Waals surface area contributed by atoms with Gasteiger partial charge < -0.3 is 10.1 Å². The number of rotatable bonds is 10. The molecule has 37 heavy (non-hydrogen) atoms. The van der Waals surface area contributed by atoms with Crippen LogP contribution in [0.25, 0.3) is 11.4 Å². The molecule has 7 heteroatoms. The van der Waals surface area contributed by atoms with Crippen molar-refractivity contribution >= 4 is 0 Å². The van der Waals surface area contributed by atoms with Gasteiger partial charge in [-0.15, -0.1) is 10.2 Å². The minimum Gasteiger partial charge on any atom is -0.487 e. The van der Waals surface area contributed by atoms with Crippen molar-refractivity contribution in [2.45, 2.75) is 52.7 Å². The maximum atomic E-state index is 5.88. The second-order valence-corrected chi connectivity index (χ2v) is 10.8. The Kier molecular flexibility index (Phi) is 7.90. The van der Waals surface area contributed by atoms with Gasteiger partial charge in [-0.1, -0.05) is 56.3 Å². The van der Waals surface area contributed by atoms with E-state index in [2.05, 4.69) is 88.1 Å². The van der Waals surface area contributed by atoms with Gasteiger partial charge in [0.15, 0.2) is 0 Å². The summed E-state index contributed by atoms with van der Waals surface area (Å²) in [6, 6.07) is 22.9. The molecule has 0 amide bonds. The van der Waals surface area contributed by atoms with Gasteiger partial charge in [-0.25, -0.2) is 0 Å². The summed E-state index contributed by atoms with van der Waals surface area (Å²) in [4.78, 5) is 6.07. The average molecular weight is 497 g/mol. The Balaban J connectivity index is 1.13. The minimum absolute atomic E-state index is 0.119. The van der Waals surface area contributed by atoms with E-state index in [9.17, 15) is 0 Å². The molecule has 1 aliphatic rings. The summed E-state index contributed by atoms with van der Waals surface area (Å²) in [5.41, 5.74) is 4.68. The number of aromatic nitrogens is 5.